The van der Waals surface area contributed by atoms with Crippen molar-refractivity contribution in [1.82, 2.24) is 10.2 Å². The monoisotopic (exact) mass is 425 g/mol. The van der Waals surface area contributed by atoms with Crippen LogP contribution in [0.3, 0.4) is 0 Å². The summed E-state index contributed by atoms with van der Waals surface area (Å²) in [4.78, 5) is 12.2. The number of nitrogens with one attached hydrogen (secondary N) is 2. The summed E-state index contributed by atoms with van der Waals surface area (Å²) < 4.78 is 24.5. The van der Waals surface area contributed by atoms with Crippen LogP contribution in [0.4, 0.5) is 10.2 Å². The summed E-state index contributed by atoms with van der Waals surface area (Å²) in [5.41, 5.74) is 2.06. The van der Waals surface area contributed by atoms with Gasteiger partial charge in [0.2, 0.25) is 0 Å². The highest BCUT2D eigenvalue weighted by Crippen LogP contribution is 2.33. The van der Waals surface area contributed by atoms with Gasteiger partial charge in [-0.2, -0.15) is 5.10 Å². The first-order valence-electron chi connectivity index (χ1n) is 9.04. The molecule has 0 fully saturated rings. The third kappa shape index (κ3) is 4.21. The molecule has 0 spiro atoms. The fraction of sp³-hybridized carbons (Fsp3) is 0.0909. The maximum Gasteiger partial charge on any atom is 0.263 e. The van der Waals surface area contributed by atoms with E-state index in [0.29, 0.717) is 38.8 Å². The Kier molecular flexibility index (Phi) is 5.54. The standard InChI is InChI=1S/C22H17ClFN3O3/c1-29-20-9-5-15(24)11-18(20)13-2-8-17-19(10-13)26-27-22(17)25-21(28)12-30-16-6-3-14(23)4-7-16/h2-11H,12H2,1H3,(H2,25,26,27,28). The SMILES string of the molecule is COc1ccc(F)cc1-c1ccc2c(NC(=O)COc3ccc(Cl)cc3)n[nH]c2c1. The van der Waals surface area contributed by atoms with Crippen molar-refractivity contribution in [2.24, 2.45) is 0 Å². The van der Waals surface area contributed by atoms with E-state index in [2.05, 4.69) is 15.5 Å². The van der Waals surface area contributed by atoms with Crippen LogP contribution in [0, 0.1) is 5.82 Å². The summed E-state index contributed by atoms with van der Waals surface area (Å²) in [6.45, 7) is -0.172. The minimum absolute atomic E-state index is 0.172. The van der Waals surface area contributed by atoms with Crippen molar-refractivity contribution in [3.63, 3.8) is 0 Å². The first kappa shape index (κ1) is 19.7. The molecule has 8 heteroatoms. The molecule has 0 radical (unpaired) electrons. The summed E-state index contributed by atoms with van der Waals surface area (Å²) in [5, 5.41) is 11.1. The van der Waals surface area contributed by atoms with Crippen LogP contribution in [-0.4, -0.2) is 29.8 Å². The van der Waals surface area contributed by atoms with Crippen molar-refractivity contribution in [2.45, 2.75) is 0 Å². The minimum atomic E-state index is -0.357. The van der Waals surface area contributed by atoms with Gasteiger partial charge in [-0.3, -0.25) is 9.89 Å². The van der Waals surface area contributed by atoms with E-state index in [0.717, 1.165) is 5.56 Å². The molecule has 0 unspecified atom stereocenters. The highest BCUT2D eigenvalue weighted by Gasteiger charge is 2.13. The zero-order valence-corrected chi connectivity index (χ0v) is 16.7. The van der Waals surface area contributed by atoms with Gasteiger partial charge in [0.25, 0.3) is 5.91 Å². The number of aromatic nitrogens is 2. The zero-order valence-electron chi connectivity index (χ0n) is 15.9. The third-order valence-corrected chi connectivity index (χ3v) is 4.73. The molecule has 152 valence electrons. The number of fused-ring (bicyclic) bond motifs is 1. The summed E-state index contributed by atoms with van der Waals surface area (Å²) in [7, 11) is 1.53. The molecule has 3 aromatic carbocycles. The maximum atomic E-state index is 13.7. The Labute approximate surface area is 176 Å². The lowest BCUT2D eigenvalue weighted by molar-refractivity contribution is -0.118. The van der Waals surface area contributed by atoms with E-state index in [1.54, 1.807) is 36.4 Å². The summed E-state index contributed by atoms with van der Waals surface area (Å²) >= 11 is 5.83. The number of nitrogens with zero attached hydrogens (tertiary/aromatic N) is 1. The van der Waals surface area contributed by atoms with E-state index in [4.69, 9.17) is 21.1 Å². The normalized spacial score (nSPS) is 10.8. The van der Waals surface area contributed by atoms with E-state index in [-0.39, 0.29) is 18.3 Å². The number of rotatable bonds is 6. The van der Waals surface area contributed by atoms with Crippen LogP contribution in [-0.2, 0) is 4.79 Å². The van der Waals surface area contributed by atoms with Gasteiger partial charge in [-0.05, 0) is 60.2 Å². The predicted molar refractivity (Wildman–Crippen MR) is 114 cm³/mol. The van der Waals surface area contributed by atoms with E-state index < -0.39 is 0 Å². The van der Waals surface area contributed by atoms with Crippen LogP contribution < -0.4 is 14.8 Å². The van der Waals surface area contributed by atoms with Crippen molar-refractivity contribution in [1.29, 1.82) is 0 Å². The number of ether oxygens (including phenoxy) is 2. The van der Waals surface area contributed by atoms with Gasteiger partial charge < -0.3 is 14.8 Å². The molecule has 30 heavy (non-hydrogen) atoms. The molecule has 4 rings (SSSR count). The number of H-pyrrole nitrogens is 1. The van der Waals surface area contributed by atoms with Crippen LogP contribution in [0.5, 0.6) is 11.5 Å². The number of hydrogen-bond acceptors (Lipinski definition) is 4. The molecular weight excluding hydrogens is 409 g/mol. The second kappa shape index (κ2) is 8.42. The molecule has 0 aliphatic rings. The number of aromatic amines is 1. The van der Waals surface area contributed by atoms with Crippen molar-refractivity contribution >= 4 is 34.2 Å². The molecule has 0 aliphatic heterocycles. The van der Waals surface area contributed by atoms with Crippen molar-refractivity contribution in [3.05, 3.63) is 71.5 Å². The van der Waals surface area contributed by atoms with Gasteiger partial charge in [-0.25, -0.2) is 4.39 Å². The Morgan fingerprint density at radius 3 is 2.70 bits per heavy atom. The van der Waals surface area contributed by atoms with Gasteiger partial charge in [-0.1, -0.05) is 17.7 Å². The lowest BCUT2D eigenvalue weighted by Gasteiger charge is -2.09. The van der Waals surface area contributed by atoms with Crippen molar-refractivity contribution in [3.8, 4) is 22.6 Å². The number of halogens is 2. The predicted octanol–water partition coefficient (Wildman–Crippen LogP) is 5.05. The fourth-order valence-corrected chi connectivity index (χ4v) is 3.16. The molecule has 0 atom stereocenters. The molecule has 6 nitrogen and oxygen atoms in total. The maximum absolute atomic E-state index is 13.7. The van der Waals surface area contributed by atoms with E-state index in [1.165, 1.54) is 19.2 Å². The van der Waals surface area contributed by atoms with Crippen LogP contribution in [0.2, 0.25) is 5.02 Å². The molecule has 1 aromatic heterocycles. The van der Waals surface area contributed by atoms with Crippen LogP contribution >= 0.6 is 11.6 Å². The molecule has 1 heterocycles. The number of amides is 1. The van der Waals surface area contributed by atoms with Gasteiger partial charge >= 0.3 is 0 Å². The first-order valence-corrected chi connectivity index (χ1v) is 9.41. The van der Waals surface area contributed by atoms with Crippen LogP contribution in [0.25, 0.3) is 22.0 Å². The first-order chi connectivity index (χ1) is 14.5. The van der Waals surface area contributed by atoms with Crippen LogP contribution in [0.15, 0.2) is 60.7 Å². The minimum Gasteiger partial charge on any atom is -0.496 e. The van der Waals surface area contributed by atoms with Crippen LogP contribution in [0.1, 0.15) is 0 Å². The topological polar surface area (TPSA) is 76.2 Å². The van der Waals surface area contributed by atoms with Gasteiger partial charge in [0.1, 0.15) is 17.3 Å². The lowest BCUT2D eigenvalue weighted by Crippen LogP contribution is -2.20. The Bertz CT molecular complexity index is 1210. The second-order valence-electron chi connectivity index (χ2n) is 6.47. The molecule has 0 aliphatic carbocycles. The molecule has 2 N–H and O–H groups in total. The number of hydrogen-bond donors (Lipinski definition) is 2. The van der Waals surface area contributed by atoms with E-state index >= 15 is 0 Å². The second-order valence-corrected chi connectivity index (χ2v) is 6.90. The molecule has 0 saturated carbocycles. The number of anilines is 1. The summed E-state index contributed by atoms with van der Waals surface area (Å²) in [6.07, 6.45) is 0. The van der Waals surface area contributed by atoms with Crippen molar-refractivity contribution in [2.75, 3.05) is 19.0 Å². The highest BCUT2D eigenvalue weighted by atomic mass is 35.5. The third-order valence-electron chi connectivity index (χ3n) is 4.48. The molecule has 1 amide bonds. The largest absolute Gasteiger partial charge is 0.496 e. The van der Waals surface area contributed by atoms with E-state index in [9.17, 15) is 9.18 Å². The number of benzene rings is 3. The molecule has 4 aromatic rings. The Balaban J connectivity index is 1.50. The number of carbonyl (C=O) groups is 1. The van der Waals surface area contributed by atoms with Gasteiger partial charge in [-0.15, -0.1) is 0 Å². The zero-order chi connectivity index (χ0) is 21.1. The van der Waals surface area contributed by atoms with Crippen molar-refractivity contribution < 1.29 is 18.7 Å². The van der Waals surface area contributed by atoms with Gasteiger partial charge in [0.15, 0.2) is 12.4 Å². The molecule has 0 bridgehead atoms. The van der Waals surface area contributed by atoms with Gasteiger partial charge in [0, 0.05) is 16.0 Å². The fourth-order valence-electron chi connectivity index (χ4n) is 3.04. The van der Waals surface area contributed by atoms with E-state index in [1.807, 2.05) is 12.1 Å². The molecular formula is C22H17ClFN3O3. The smallest absolute Gasteiger partial charge is 0.263 e. The Morgan fingerprint density at radius 1 is 1.13 bits per heavy atom. The average molecular weight is 426 g/mol. The summed E-state index contributed by atoms with van der Waals surface area (Å²) in [6, 6.07) is 16.5. The quantitative estimate of drug-likeness (QED) is 0.453. The molecule has 0 saturated heterocycles. The average Bonchev–Trinajstić information content (AvgIpc) is 3.15. The lowest BCUT2D eigenvalue weighted by atomic mass is 10.0. The number of methoxy groups -OCH3 is 1. The number of carbonyl (C=O) groups excluding carboxylic acids is 1. The Hall–Kier alpha value is -3.58. The summed E-state index contributed by atoms with van der Waals surface area (Å²) in [5.74, 6) is 0.768. The Morgan fingerprint density at radius 2 is 1.93 bits per heavy atom. The highest BCUT2D eigenvalue weighted by molar-refractivity contribution is 6.30. The van der Waals surface area contributed by atoms with Gasteiger partial charge in [0.05, 0.1) is 12.6 Å².